The predicted molar refractivity (Wildman–Crippen MR) is 109 cm³/mol. The lowest BCUT2D eigenvalue weighted by molar-refractivity contribution is 0.0364. The normalized spacial score (nSPS) is 18.1. The van der Waals surface area contributed by atoms with Crippen molar-refractivity contribution >= 4 is 17.7 Å². The maximum Gasteiger partial charge on any atom is 0.344 e. The van der Waals surface area contributed by atoms with Gasteiger partial charge in [-0.25, -0.2) is 9.59 Å². The maximum atomic E-state index is 11.4. The van der Waals surface area contributed by atoms with Gasteiger partial charge in [-0.15, -0.1) is 0 Å². The first-order valence-electron chi connectivity index (χ1n) is 9.97. The van der Waals surface area contributed by atoms with E-state index in [4.69, 9.17) is 9.47 Å². The molecule has 1 atom stereocenters. The van der Waals surface area contributed by atoms with Gasteiger partial charge >= 0.3 is 11.9 Å². The summed E-state index contributed by atoms with van der Waals surface area (Å²) in [7, 11) is 0. The predicted octanol–water partition coefficient (Wildman–Crippen LogP) is 6.09. The summed E-state index contributed by atoms with van der Waals surface area (Å²) >= 11 is 0. The molecule has 0 saturated heterocycles. The number of benzene rings is 2. The number of carbonyl (C=O) groups excluding carboxylic acids is 2. The molecule has 0 aliphatic carbocycles. The Morgan fingerprint density at radius 1 is 0.857 bits per heavy atom. The van der Waals surface area contributed by atoms with E-state index in [0.717, 1.165) is 48.8 Å². The fourth-order valence-electron chi connectivity index (χ4n) is 3.34. The van der Waals surface area contributed by atoms with Crippen LogP contribution in [0.4, 0.5) is 0 Å². The van der Waals surface area contributed by atoms with Crippen LogP contribution in [0, 0.1) is 0 Å². The average Bonchev–Trinajstić information content (AvgIpc) is 3.23. The molecule has 0 spiro atoms. The van der Waals surface area contributed by atoms with Gasteiger partial charge in [-0.2, -0.15) is 0 Å². The van der Waals surface area contributed by atoms with Gasteiger partial charge in [0.2, 0.25) is 0 Å². The maximum absolute atomic E-state index is 11.4. The highest BCUT2D eigenvalue weighted by atomic mass is 16.6. The van der Waals surface area contributed by atoms with Crippen molar-refractivity contribution in [3.63, 3.8) is 0 Å². The van der Waals surface area contributed by atoms with Crippen LogP contribution in [-0.2, 0) is 9.47 Å². The Morgan fingerprint density at radius 2 is 1.54 bits per heavy atom. The van der Waals surface area contributed by atoms with Crippen LogP contribution < -0.4 is 0 Å². The van der Waals surface area contributed by atoms with E-state index in [0.29, 0.717) is 11.3 Å². The number of esters is 2. The molecule has 0 amide bonds. The number of allylic oxidation sites excluding steroid dienone is 1. The number of hydrogen-bond donors (Lipinski definition) is 0. The van der Waals surface area contributed by atoms with Crippen molar-refractivity contribution < 1.29 is 19.1 Å². The van der Waals surface area contributed by atoms with Gasteiger partial charge in [-0.05, 0) is 37.5 Å². The molecule has 0 radical (unpaired) electrons. The second-order valence-corrected chi connectivity index (χ2v) is 6.92. The lowest BCUT2D eigenvalue weighted by Crippen LogP contribution is -1.98. The standard InChI is InChI=1S/C12H14O2.C12H12O2/c2*1-2-3-8-11-9-6-4-5-7-10(9)12(13)14-11/h4-7,11H,2-3,8H2,1H3;4-8H,2-3H2,1H3/b;11-8-. The monoisotopic (exact) mass is 378 g/mol. The van der Waals surface area contributed by atoms with Crippen molar-refractivity contribution in [3.05, 3.63) is 76.9 Å². The third-order valence-electron chi connectivity index (χ3n) is 4.83. The molecule has 146 valence electrons. The Morgan fingerprint density at radius 3 is 2.25 bits per heavy atom. The molecule has 0 bridgehead atoms. The number of unbranched alkanes of at least 4 members (excludes halogenated alkanes) is 2. The third kappa shape index (κ3) is 4.33. The first kappa shape index (κ1) is 19.9. The Hall–Kier alpha value is -2.88. The van der Waals surface area contributed by atoms with Gasteiger partial charge in [-0.1, -0.05) is 63.1 Å². The fraction of sp³-hybridized carbons (Fsp3) is 0.333. The smallest absolute Gasteiger partial charge is 0.344 e. The Balaban J connectivity index is 0.000000161. The van der Waals surface area contributed by atoms with Crippen LogP contribution in [-0.4, -0.2) is 11.9 Å². The van der Waals surface area contributed by atoms with Crippen molar-refractivity contribution in [1.29, 1.82) is 0 Å². The van der Waals surface area contributed by atoms with Crippen LogP contribution in [0.2, 0.25) is 0 Å². The fourth-order valence-corrected chi connectivity index (χ4v) is 3.34. The Labute approximate surface area is 166 Å². The van der Waals surface area contributed by atoms with Gasteiger partial charge in [0, 0.05) is 11.1 Å². The summed E-state index contributed by atoms with van der Waals surface area (Å²) in [5.41, 5.74) is 3.40. The van der Waals surface area contributed by atoms with E-state index in [-0.39, 0.29) is 18.0 Å². The van der Waals surface area contributed by atoms with E-state index in [1.807, 2.05) is 48.5 Å². The van der Waals surface area contributed by atoms with Crippen LogP contribution in [0.25, 0.3) is 5.76 Å². The van der Waals surface area contributed by atoms with Crippen LogP contribution in [0.15, 0.2) is 54.6 Å². The zero-order chi connectivity index (χ0) is 19.9. The summed E-state index contributed by atoms with van der Waals surface area (Å²) < 4.78 is 10.5. The van der Waals surface area contributed by atoms with E-state index in [1.54, 1.807) is 6.07 Å². The molecule has 4 rings (SSSR count). The SMILES string of the molecule is CCC/C=C1\OC(=O)c2ccccc21.CCCCC1OC(=O)c2ccccc21. The van der Waals surface area contributed by atoms with Crippen molar-refractivity contribution in [2.45, 2.75) is 52.1 Å². The summed E-state index contributed by atoms with van der Waals surface area (Å²) in [5.74, 6) is 0.317. The van der Waals surface area contributed by atoms with Crippen LogP contribution in [0.5, 0.6) is 0 Å². The molecule has 1 unspecified atom stereocenters. The minimum absolute atomic E-state index is 0.00125. The highest BCUT2D eigenvalue weighted by Gasteiger charge is 2.29. The lowest BCUT2D eigenvalue weighted by atomic mass is 10.0. The van der Waals surface area contributed by atoms with Gasteiger partial charge in [0.1, 0.15) is 11.9 Å². The molecule has 0 fully saturated rings. The van der Waals surface area contributed by atoms with Gasteiger partial charge in [0.15, 0.2) is 0 Å². The minimum atomic E-state index is -0.233. The van der Waals surface area contributed by atoms with E-state index >= 15 is 0 Å². The average molecular weight is 378 g/mol. The summed E-state index contributed by atoms with van der Waals surface area (Å²) in [4.78, 5) is 22.8. The number of cyclic esters (lactones) is 2. The molecule has 2 aromatic carbocycles. The molecule has 4 nitrogen and oxygen atoms in total. The van der Waals surface area contributed by atoms with Crippen LogP contribution >= 0.6 is 0 Å². The molecule has 2 aliphatic rings. The minimum Gasteiger partial charge on any atom is -0.454 e. The largest absolute Gasteiger partial charge is 0.454 e. The van der Waals surface area contributed by atoms with Crippen LogP contribution in [0.1, 0.15) is 83.9 Å². The molecule has 2 heterocycles. The first-order valence-corrected chi connectivity index (χ1v) is 9.97. The molecule has 2 aliphatic heterocycles. The van der Waals surface area contributed by atoms with Gasteiger partial charge in [0.05, 0.1) is 11.1 Å². The van der Waals surface area contributed by atoms with E-state index < -0.39 is 0 Å². The quantitative estimate of drug-likeness (QED) is 0.591. The number of ether oxygens (including phenoxy) is 2. The number of fused-ring (bicyclic) bond motifs is 2. The van der Waals surface area contributed by atoms with E-state index in [2.05, 4.69) is 13.8 Å². The van der Waals surface area contributed by atoms with Crippen molar-refractivity contribution in [2.24, 2.45) is 0 Å². The Kier molecular flexibility index (Phi) is 6.64. The van der Waals surface area contributed by atoms with E-state index in [1.165, 1.54) is 0 Å². The second-order valence-electron chi connectivity index (χ2n) is 6.92. The first-order chi connectivity index (χ1) is 13.7. The van der Waals surface area contributed by atoms with Gasteiger partial charge < -0.3 is 9.47 Å². The molecule has 4 heteroatoms. The van der Waals surface area contributed by atoms with E-state index in [9.17, 15) is 9.59 Å². The molecule has 0 N–H and O–H groups in total. The van der Waals surface area contributed by atoms with Gasteiger partial charge in [-0.3, -0.25) is 0 Å². The highest BCUT2D eigenvalue weighted by Crippen LogP contribution is 2.33. The summed E-state index contributed by atoms with van der Waals surface area (Å²) in [5, 5.41) is 0. The zero-order valence-electron chi connectivity index (χ0n) is 16.4. The van der Waals surface area contributed by atoms with Crippen LogP contribution in [0.3, 0.4) is 0 Å². The van der Waals surface area contributed by atoms with Crippen molar-refractivity contribution in [1.82, 2.24) is 0 Å². The molecular weight excluding hydrogens is 352 g/mol. The molecule has 2 aromatic rings. The zero-order valence-corrected chi connectivity index (χ0v) is 16.4. The summed E-state index contributed by atoms with van der Waals surface area (Å²) in [6, 6.07) is 15.1. The van der Waals surface area contributed by atoms with Crippen molar-refractivity contribution in [3.8, 4) is 0 Å². The lowest BCUT2D eigenvalue weighted by Gasteiger charge is -2.08. The highest BCUT2D eigenvalue weighted by molar-refractivity contribution is 6.02. The number of rotatable bonds is 5. The summed E-state index contributed by atoms with van der Waals surface area (Å²) in [6.45, 7) is 4.24. The molecule has 0 saturated carbocycles. The molecule has 28 heavy (non-hydrogen) atoms. The molecular formula is C24H26O4. The summed E-state index contributed by atoms with van der Waals surface area (Å²) in [6.07, 6.45) is 7.16. The number of carbonyl (C=O) groups is 2. The topological polar surface area (TPSA) is 52.6 Å². The second kappa shape index (κ2) is 9.36. The molecule has 0 aromatic heterocycles. The number of hydrogen-bond acceptors (Lipinski definition) is 4. The van der Waals surface area contributed by atoms with Crippen molar-refractivity contribution in [2.75, 3.05) is 0 Å². The third-order valence-corrected chi connectivity index (χ3v) is 4.83. The Bertz CT molecular complexity index is 882. The van der Waals surface area contributed by atoms with Gasteiger partial charge in [0.25, 0.3) is 0 Å².